The van der Waals surface area contributed by atoms with Crippen LogP contribution in [-0.2, 0) is 0 Å². The van der Waals surface area contributed by atoms with Gasteiger partial charge in [-0.15, -0.1) is 0 Å². The third-order valence-electron chi connectivity index (χ3n) is 3.66. The van der Waals surface area contributed by atoms with E-state index in [1.807, 2.05) is 11.9 Å². The highest BCUT2D eigenvalue weighted by Crippen LogP contribution is 2.14. The van der Waals surface area contributed by atoms with Crippen molar-refractivity contribution in [3.63, 3.8) is 0 Å². The number of hydrogen-bond donors (Lipinski definition) is 1. The monoisotopic (exact) mass is 260 g/mol. The molecule has 1 N–H and O–H groups in total. The van der Waals surface area contributed by atoms with Gasteiger partial charge >= 0.3 is 0 Å². The van der Waals surface area contributed by atoms with Crippen molar-refractivity contribution < 1.29 is 9.59 Å². The summed E-state index contributed by atoms with van der Waals surface area (Å²) in [5, 5.41) is 3.23. The van der Waals surface area contributed by atoms with Crippen molar-refractivity contribution in [1.29, 1.82) is 0 Å². The fraction of sp³-hybridized carbons (Fsp3) is 0.467. The van der Waals surface area contributed by atoms with E-state index in [-0.39, 0.29) is 11.7 Å². The second kappa shape index (κ2) is 5.97. The maximum Gasteiger partial charge on any atom is 0.253 e. The van der Waals surface area contributed by atoms with Gasteiger partial charge in [0.2, 0.25) is 0 Å². The molecular weight excluding hydrogens is 240 g/mol. The molecule has 0 spiro atoms. The van der Waals surface area contributed by atoms with Crippen LogP contribution in [0.15, 0.2) is 24.3 Å². The highest BCUT2D eigenvalue weighted by atomic mass is 16.2. The molecule has 1 aliphatic heterocycles. The first-order valence-corrected chi connectivity index (χ1v) is 6.69. The molecule has 0 aliphatic carbocycles. The lowest BCUT2D eigenvalue weighted by atomic mass is 10.0. The Morgan fingerprint density at radius 3 is 2.42 bits per heavy atom. The van der Waals surface area contributed by atoms with Gasteiger partial charge in [-0.05, 0) is 38.9 Å². The van der Waals surface area contributed by atoms with Crippen LogP contribution < -0.4 is 5.32 Å². The van der Waals surface area contributed by atoms with E-state index in [4.69, 9.17) is 0 Å². The minimum atomic E-state index is 0.0206. The van der Waals surface area contributed by atoms with E-state index in [9.17, 15) is 9.59 Å². The van der Waals surface area contributed by atoms with Gasteiger partial charge in [0.05, 0.1) is 0 Å². The number of carbonyl (C=O) groups excluding carboxylic acids is 2. The second-order valence-electron chi connectivity index (χ2n) is 5.01. The quantitative estimate of drug-likeness (QED) is 0.842. The van der Waals surface area contributed by atoms with Gasteiger partial charge in [-0.1, -0.05) is 12.1 Å². The van der Waals surface area contributed by atoms with Gasteiger partial charge in [0.15, 0.2) is 5.78 Å². The fourth-order valence-electron chi connectivity index (χ4n) is 2.43. The maximum atomic E-state index is 12.4. The van der Waals surface area contributed by atoms with Crippen LogP contribution in [0.4, 0.5) is 0 Å². The minimum absolute atomic E-state index is 0.0206. The van der Waals surface area contributed by atoms with Crippen molar-refractivity contribution in [3.8, 4) is 0 Å². The van der Waals surface area contributed by atoms with Crippen molar-refractivity contribution in [2.24, 2.45) is 0 Å². The molecule has 102 valence electrons. The molecule has 1 saturated heterocycles. The van der Waals surface area contributed by atoms with Crippen LogP contribution in [0.3, 0.4) is 0 Å². The first kappa shape index (κ1) is 13.7. The first-order valence-electron chi connectivity index (χ1n) is 6.69. The summed E-state index contributed by atoms with van der Waals surface area (Å²) in [6.07, 6.45) is 2.15. The Morgan fingerprint density at radius 1 is 1.21 bits per heavy atom. The van der Waals surface area contributed by atoms with Gasteiger partial charge < -0.3 is 10.2 Å². The Hall–Kier alpha value is -1.68. The summed E-state index contributed by atoms with van der Waals surface area (Å²) < 4.78 is 0. The van der Waals surface area contributed by atoms with Crippen molar-refractivity contribution >= 4 is 11.7 Å². The van der Waals surface area contributed by atoms with E-state index in [0.29, 0.717) is 17.2 Å². The zero-order chi connectivity index (χ0) is 13.8. The predicted molar refractivity (Wildman–Crippen MR) is 74.4 cm³/mol. The van der Waals surface area contributed by atoms with Crippen LogP contribution in [0.1, 0.15) is 40.5 Å². The summed E-state index contributed by atoms with van der Waals surface area (Å²) in [6.45, 7) is 3.09. The Bertz CT molecular complexity index is 468. The zero-order valence-corrected chi connectivity index (χ0v) is 11.5. The molecule has 1 heterocycles. The molecule has 4 nitrogen and oxygen atoms in total. The van der Waals surface area contributed by atoms with Gasteiger partial charge in [-0.2, -0.15) is 0 Å². The van der Waals surface area contributed by atoms with Gasteiger partial charge in [-0.25, -0.2) is 0 Å². The van der Waals surface area contributed by atoms with Crippen LogP contribution in [0.5, 0.6) is 0 Å². The summed E-state index contributed by atoms with van der Waals surface area (Å²) >= 11 is 0. The van der Waals surface area contributed by atoms with Gasteiger partial charge in [0, 0.05) is 30.3 Å². The molecule has 0 bridgehead atoms. The molecule has 1 aliphatic rings. The number of nitrogens with one attached hydrogen (secondary N) is 1. The summed E-state index contributed by atoms with van der Waals surface area (Å²) in [5.74, 6) is 0.0715. The number of nitrogens with zero attached hydrogens (tertiary/aromatic N) is 1. The molecule has 1 aromatic carbocycles. The lowest BCUT2D eigenvalue weighted by Crippen LogP contribution is -2.46. The zero-order valence-electron chi connectivity index (χ0n) is 11.5. The summed E-state index contributed by atoms with van der Waals surface area (Å²) in [4.78, 5) is 25.4. The normalized spacial score (nSPS) is 19.3. The molecule has 1 amide bonds. The average molecular weight is 260 g/mol. The molecular formula is C15H20N2O2. The molecule has 4 heteroatoms. The Labute approximate surface area is 113 Å². The Morgan fingerprint density at radius 2 is 1.84 bits per heavy atom. The molecule has 19 heavy (non-hydrogen) atoms. The van der Waals surface area contributed by atoms with Crippen molar-refractivity contribution in [2.75, 3.05) is 20.1 Å². The maximum absolute atomic E-state index is 12.4. The molecule has 2 rings (SSSR count). The largest absolute Gasteiger partial charge is 0.337 e. The van der Waals surface area contributed by atoms with E-state index in [2.05, 4.69) is 5.32 Å². The standard InChI is InChI=1S/C15H20N2O2/c1-11(18)12-5-7-13(8-6-12)15(19)17-9-3-4-14(10-17)16-2/h5-8,14,16H,3-4,9-10H2,1-2H3. The smallest absolute Gasteiger partial charge is 0.253 e. The summed E-state index contributed by atoms with van der Waals surface area (Å²) in [7, 11) is 1.93. The lowest BCUT2D eigenvalue weighted by Gasteiger charge is -2.32. The van der Waals surface area contributed by atoms with Crippen molar-refractivity contribution in [3.05, 3.63) is 35.4 Å². The van der Waals surface area contributed by atoms with E-state index < -0.39 is 0 Å². The summed E-state index contributed by atoms with van der Waals surface area (Å²) in [5.41, 5.74) is 1.30. The third-order valence-corrected chi connectivity index (χ3v) is 3.66. The molecule has 0 radical (unpaired) electrons. The number of likely N-dealkylation sites (tertiary alicyclic amines) is 1. The summed E-state index contributed by atoms with van der Waals surface area (Å²) in [6, 6.07) is 7.29. The number of amides is 1. The van der Waals surface area contributed by atoms with E-state index in [1.54, 1.807) is 24.3 Å². The molecule has 1 atom stereocenters. The van der Waals surface area contributed by atoms with Crippen LogP contribution in [0.25, 0.3) is 0 Å². The lowest BCUT2D eigenvalue weighted by molar-refractivity contribution is 0.0698. The van der Waals surface area contributed by atoms with Crippen molar-refractivity contribution in [1.82, 2.24) is 10.2 Å². The number of benzene rings is 1. The first-order chi connectivity index (χ1) is 9.11. The molecule has 0 saturated carbocycles. The number of hydrogen-bond acceptors (Lipinski definition) is 3. The van der Waals surface area contributed by atoms with E-state index in [1.165, 1.54) is 6.92 Å². The van der Waals surface area contributed by atoms with Crippen LogP contribution in [0, 0.1) is 0 Å². The van der Waals surface area contributed by atoms with Crippen LogP contribution in [0.2, 0.25) is 0 Å². The van der Waals surface area contributed by atoms with Crippen LogP contribution in [-0.4, -0.2) is 42.8 Å². The Kier molecular flexibility index (Phi) is 4.32. The van der Waals surface area contributed by atoms with Crippen molar-refractivity contribution in [2.45, 2.75) is 25.8 Å². The number of carbonyl (C=O) groups is 2. The number of rotatable bonds is 3. The van der Waals surface area contributed by atoms with Gasteiger partial charge in [0.25, 0.3) is 5.91 Å². The highest BCUT2D eigenvalue weighted by molar-refractivity contribution is 5.97. The molecule has 1 fully saturated rings. The average Bonchev–Trinajstić information content (AvgIpc) is 2.46. The second-order valence-corrected chi connectivity index (χ2v) is 5.01. The number of ketones is 1. The fourth-order valence-corrected chi connectivity index (χ4v) is 2.43. The minimum Gasteiger partial charge on any atom is -0.337 e. The molecule has 1 aromatic rings. The molecule has 0 aromatic heterocycles. The number of likely N-dealkylation sites (N-methyl/N-ethyl adjacent to an activating group) is 1. The number of piperidine rings is 1. The van der Waals surface area contributed by atoms with E-state index >= 15 is 0 Å². The van der Waals surface area contributed by atoms with E-state index in [0.717, 1.165) is 25.9 Å². The van der Waals surface area contributed by atoms with Crippen LogP contribution >= 0.6 is 0 Å². The highest BCUT2D eigenvalue weighted by Gasteiger charge is 2.23. The SMILES string of the molecule is CNC1CCCN(C(=O)c2ccc(C(C)=O)cc2)C1. The predicted octanol–water partition coefficient (Wildman–Crippen LogP) is 1.71. The third kappa shape index (κ3) is 3.20. The van der Waals surface area contributed by atoms with Gasteiger partial charge in [0.1, 0.15) is 0 Å². The Balaban J connectivity index is 2.08. The topological polar surface area (TPSA) is 49.4 Å². The number of Topliss-reactive ketones (excluding diaryl/α,β-unsaturated/α-hetero) is 1. The van der Waals surface area contributed by atoms with Gasteiger partial charge in [-0.3, -0.25) is 9.59 Å². The molecule has 1 unspecified atom stereocenters.